The molecule has 0 aliphatic carbocycles. The molecule has 0 radical (unpaired) electrons. The lowest BCUT2D eigenvalue weighted by Gasteiger charge is -2.34. The molecule has 1 aliphatic heterocycles. The van der Waals surface area contributed by atoms with E-state index in [4.69, 9.17) is 14.6 Å². The molecule has 0 bridgehead atoms. The zero-order chi connectivity index (χ0) is 21.9. The molecule has 1 aromatic carbocycles. The molecule has 1 aromatic rings. The van der Waals surface area contributed by atoms with E-state index in [1.54, 1.807) is 20.8 Å². The van der Waals surface area contributed by atoms with Gasteiger partial charge < -0.3 is 19.5 Å². The number of Topliss-reactive ketones (excluding diaryl/α,β-unsaturated/α-hetero) is 1. The molecule has 10 heteroatoms. The fraction of sp³-hybridized carbons (Fsp3) is 0.526. The second-order valence-corrected chi connectivity index (χ2v) is 7.60. The summed E-state index contributed by atoms with van der Waals surface area (Å²) < 4.78 is 52.5. The van der Waals surface area contributed by atoms with Gasteiger partial charge in [0.25, 0.3) is 0 Å². The fourth-order valence-electron chi connectivity index (χ4n) is 2.81. The Morgan fingerprint density at radius 1 is 1.24 bits per heavy atom. The minimum absolute atomic E-state index is 0.0271. The average molecular weight is 417 g/mol. The number of nitrogens with zero attached hydrogens (tertiary/aromatic N) is 1. The van der Waals surface area contributed by atoms with Crippen molar-refractivity contribution in [2.45, 2.75) is 45.3 Å². The van der Waals surface area contributed by atoms with Crippen molar-refractivity contribution in [2.24, 2.45) is 0 Å². The van der Waals surface area contributed by atoms with Crippen LogP contribution in [0.25, 0.3) is 0 Å². The van der Waals surface area contributed by atoms with Crippen molar-refractivity contribution in [3.05, 3.63) is 34.6 Å². The number of benzene rings is 1. The summed E-state index contributed by atoms with van der Waals surface area (Å²) in [6.45, 7) is 5.78. The number of hydrogen-bond donors (Lipinski definition) is 1. The standard InChI is InChI=1S/C19H22F3NO6/c1-19(2,3)29-18(27)23-6-7-28-10(9-23)4-5-13(24)14-12(20)8-11(17(25)26)15(21)16(14)22/h8,10H,4-7,9H2,1-3H3,(H,25,26)/t10-/m0/s1. The molecule has 1 saturated heterocycles. The molecule has 2 rings (SSSR count). The molecule has 1 atom stereocenters. The van der Waals surface area contributed by atoms with E-state index in [-0.39, 0.29) is 32.1 Å². The summed E-state index contributed by atoms with van der Waals surface area (Å²) in [7, 11) is 0. The maximum absolute atomic E-state index is 14.0. The number of carbonyl (C=O) groups is 3. The first-order chi connectivity index (χ1) is 13.4. The number of morpholine rings is 1. The van der Waals surface area contributed by atoms with Gasteiger partial charge in [-0.1, -0.05) is 0 Å². The number of hydrogen-bond acceptors (Lipinski definition) is 5. The van der Waals surface area contributed by atoms with Gasteiger partial charge in [-0.25, -0.2) is 22.8 Å². The van der Waals surface area contributed by atoms with Crippen LogP contribution in [-0.4, -0.2) is 59.3 Å². The normalized spacial score (nSPS) is 17.2. The zero-order valence-electron chi connectivity index (χ0n) is 16.3. The van der Waals surface area contributed by atoms with E-state index < -0.39 is 58.1 Å². The van der Waals surface area contributed by atoms with Gasteiger partial charge in [0, 0.05) is 13.0 Å². The van der Waals surface area contributed by atoms with Crippen molar-refractivity contribution in [1.82, 2.24) is 4.90 Å². The average Bonchev–Trinajstić information content (AvgIpc) is 2.61. The Hall–Kier alpha value is -2.62. The first-order valence-corrected chi connectivity index (χ1v) is 8.94. The molecule has 1 aliphatic rings. The Bertz CT molecular complexity index is 821. The Kier molecular flexibility index (Phi) is 6.89. The van der Waals surface area contributed by atoms with Crippen molar-refractivity contribution in [3.8, 4) is 0 Å². The highest BCUT2D eigenvalue weighted by Crippen LogP contribution is 2.23. The van der Waals surface area contributed by atoms with Crippen LogP contribution in [-0.2, 0) is 9.47 Å². The van der Waals surface area contributed by atoms with E-state index in [1.807, 2.05) is 0 Å². The van der Waals surface area contributed by atoms with Gasteiger partial charge in [-0.05, 0) is 33.3 Å². The van der Waals surface area contributed by atoms with Crippen LogP contribution < -0.4 is 0 Å². The minimum atomic E-state index is -1.85. The Labute approximate surface area is 165 Å². The smallest absolute Gasteiger partial charge is 0.410 e. The quantitative estimate of drug-likeness (QED) is 0.583. The maximum Gasteiger partial charge on any atom is 0.410 e. The Morgan fingerprint density at radius 2 is 1.90 bits per heavy atom. The highest BCUT2D eigenvalue weighted by Gasteiger charge is 2.30. The minimum Gasteiger partial charge on any atom is -0.478 e. The third-order valence-corrected chi connectivity index (χ3v) is 4.15. The van der Waals surface area contributed by atoms with Crippen LogP contribution in [0.15, 0.2) is 6.07 Å². The maximum atomic E-state index is 14.0. The predicted molar refractivity (Wildman–Crippen MR) is 94.4 cm³/mol. The van der Waals surface area contributed by atoms with Crippen molar-refractivity contribution >= 4 is 17.8 Å². The number of halogens is 3. The third kappa shape index (κ3) is 5.69. The summed E-state index contributed by atoms with van der Waals surface area (Å²) in [5.74, 6) is -7.98. The predicted octanol–water partition coefficient (Wildman–Crippen LogP) is 3.40. The van der Waals surface area contributed by atoms with Gasteiger partial charge >= 0.3 is 12.1 Å². The Balaban J connectivity index is 2.03. The Morgan fingerprint density at radius 3 is 2.48 bits per heavy atom. The van der Waals surface area contributed by atoms with Crippen molar-refractivity contribution in [3.63, 3.8) is 0 Å². The molecule has 160 valence electrons. The molecule has 29 heavy (non-hydrogen) atoms. The van der Waals surface area contributed by atoms with Crippen molar-refractivity contribution < 1.29 is 42.1 Å². The zero-order valence-corrected chi connectivity index (χ0v) is 16.3. The van der Waals surface area contributed by atoms with E-state index in [1.165, 1.54) is 4.90 Å². The van der Waals surface area contributed by atoms with Crippen LogP contribution in [0.4, 0.5) is 18.0 Å². The molecule has 0 saturated carbocycles. The monoisotopic (exact) mass is 417 g/mol. The molecule has 0 spiro atoms. The van der Waals surface area contributed by atoms with Crippen molar-refractivity contribution in [2.75, 3.05) is 19.7 Å². The van der Waals surface area contributed by atoms with Crippen LogP contribution in [0, 0.1) is 17.5 Å². The lowest BCUT2D eigenvalue weighted by atomic mass is 10.0. The molecule has 1 N–H and O–H groups in total. The van der Waals surface area contributed by atoms with Gasteiger partial charge in [0.15, 0.2) is 17.4 Å². The highest BCUT2D eigenvalue weighted by molar-refractivity contribution is 5.98. The summed E-state index contributed by atoms with van der Waals surface area (Å²) in [4.78, 5) is 36.5. The number of ether oxygens (including phenoxy) is 2. The summed E-state index contributed by atoms with van der Waals surface area (Å²) in [5, 5.41) is 8.74. The number of carboxylic acid groups (broad SMARTS) is 1. The van der Waals surface area contributed by atoms with Gasteiger partial charge in [0.05, 0.1) is 24.8 Å². The summed E-state index contributed by atoms with van der Waals surface area (Å²) in [6.07, 6.45) is -1.47. The van der Waals surface area contributed by atoms with E-state index in [2.05, 4.69) is 0 Å². The van der Waals surface area contributed by atoms with Crippen LogP contribution in [0.5, 0.6) is 0 Å². The summed E-state index contributed by atoms with van der Waals surface area (Å²) in [5.41, 5.74) is -3.00. The van der Waals surface area contributed by atoms with Gasteiger partial charge in [0.2, 0.25) is 0 Å². The summed E-state index contributed by atoms with van der Waals surface area (Å²) >= 11 is 0. The number of aromatic carboxylic acids is 1. The van der Waals surface area contributed by atoms with Crippen LogP contribution in [0.1, 0.15) is 54.3 Å². The van der Waals surface area contributed by atoms with Gasteiger partial charge in [-0.3, -0.25) is 4.79 Å². The van der Waals surface area contributed by atoms with Crippen molar-refractivity contribution in [1.29, 1.82) is 0 Å². The second-order valence-electron chi connectivity index (χ2n) is 7.60. The number of amides is 1. The molecule has 0 aromatic heterocycles. The van der Waals surface area contributed by atoms with Crippen LogP contribution >= 0.6 is 0 Å². The number of rotatable bonds is 5. The molecular formula is C19H22F3NO6. The van der Waals surface area contributed by atoms with Gasteiger partial charge in [-0.15, -0.1) is 0 Å². The highest BCUT2D eigenvalue weighted by atomic mass is 19.2. The molecule has 1 heterocycles. The van der Waals surface area contributed by atoms with Gasteiger partial charge in [0.1, 0.15) is 17.0 Å². The largest absolute Gasteiger partial charge is 0.478 e. The molecule has 0 unspecified atom stereocenters. The van der Waals surface area contributed by atoms with E-state index >= 15 is 0 Å². The topological polar surface area (TPSA) is 93.1 Å². The van der Waals surface area contributed by atoms with E-state index in [0.29, 0.717) is 6.54 Å². The summed E-state index contributed by atoms with van der Waals surface area (Å²) in [6, 6.07) is 0.273. The lowest BCUT2D eigenvalue weighted by Crippen LogP contribution is -2.47. The first-order valence-electron chi connectivity index (χ1n) is 8.94. The van der Waals surface area contributed by atoms with E-state index in [9.17, 15) is 27.6 Å². The first kappa shape index (κ1) is 22.7. The van der Waals surface area contributed by atoms with Gasteiger partial charge in [-0.2, -0.15) is 0 Å². The van der Waals surface area contributed by atoms with Crippen LogP contribution in [0.2, 0.25) is 0 Å². The molecule has 7 nitrogen and oxygen atoms in total. The number of carbonyl (C=O) groups excluding carboxylic acids is 2. The SMILES string of the molecule is CC(C)(C)OC(=O)N1CCO[C@@H](CCC(=O)c2c(F)cc(C(=O)O)c(F)c2F)C1. The number of ketones is 1. The lowest BCUT2D eigenvalue weighted by molar-refractivity contribution is -0.0443. The number of carboxylic acids is 1. The second kappa shape index (κ2) is 8.81. The fourth-order valence-corrected chi connectivity index (χ4v) is 2.81. The molecule has 1 fully saturated rings. The van der Waals surface area contributed by atoms with E-state index in [0.717, 1.165) is 0 Å². The van der Waals surface area contributed by atoms with Crippen LogP contribution in [0.3, 0.4) is 0 Å². The molecular weight excluding hydrogens is 395 g/mol. The third-order valence-electron chi connectivity index (χ3n) is 4.15. The molecule has 1 amide bonds.